The number of aliphatic hydroxyl groups is 2. The van der Waals surface area contributed by atoms with E-state index in [0.29, 0.717) is 35.9 Å². The van der Waals surface area contributed by atoms with Crippen molar-refractivity contribution in [1.29, 1.82) is 0 Å². The van der Waals surface area contributed by atoms with Crippen LogP contribution in [0.3, 0.4) is 0 Å². The van der Waals surface area contributed by atoms with E-state index in [-0.39, 0.29) is 17.7 Å². The first-order valence-corrected chi connectivity index (χ1v) is 9.57. The van der Waals surface area contributed by atoms with Gasteiger partial charge in [-0.3, -0.25) is 4.90 Å². The van der Waals surface area contributed by atoms with E-state index >= 15 is 0 Å². The molecule has 0 aromatic heterocycles. The van der Waals surface area contributed by atoms with Gasteiger partial charge in [-0.25, -0.2) is 0 Å². The van der Waals surface area contributed by atoms with Crippen molar-refractivity contribution in [1.82, 2.24) is 4.90 Å². The highest BCUT2D eigenvalue weighted by atomic mass is 16.3. The minimum atomic E-state index is -0.319. The standard InChI is InChI=1S/C20H26N2O2/c1-3-10-11-8-14-17-20(12-6-4-5-7-13(12)21(17)2)9-15(16(11)18(20)23)22(14)19(10)24/h4-7,10-11,14-19,23-24H,3,8-9H2,1-2H3/t10-,11+,14-,15-,16+,17-,18-,19-,20+/m0/s1. The Kier molecular flexibility index (Phi) is 2.45. The fourth-order valence-electron chi connectivity index (χ4n) is 7.88. The van der Waals surface area contributed by atoms with Gasteiger partial charge >= 0.3 is 0 Å². The molecule has 1 aliphatic carbocycles. The van der Waals surface area contributed by atoms with Crippen LogP contribution in [-0.4, -0.2) is 52.6 Å². The van der Waals surface area contributed by atoms with Gasteiger partial charge in [0.2, 0.25) is 0 Å². The Balaban J connectivity index is 1.60. The molecule has 24 heavy (non-hydrogen) atoms. The minimum absolute atomic E-state index is 0.126. The lowest BCUT2D eigenvalue weighted by atomic mass is 9.62. The van der Waals surface area contributed by atoms with Crippen LogP contribution in [0.25, 0.3) is 0 Å². The van der Waals surface area contributed by atoms with Crippen molar-refractivity contribution in [2.24, 2.45) is 17.8 Å². The summed E-state index contributed by atoms with van der Waals surface area (Å²) in [6.07, 6.45) is 2.56. The number of piperidine rings is 4. The van der Waals surface area contributed by atoms with Crippen LogP contribution in [-0.2, 0) is 5.41 Å². The van der Waals surface area contributed by atoms with Gasteiger partial charge in [0.25, 0.3) is 0 Å². The first-order chi connectivity index (χ1) is 11.6. The number of fused-ring (bicyclic) bond motifs is 2. The van der Waals surface area contributed by atoms with Crippen molar-refractivity contribution in [3.8, 4) is 0 Å². The van der Waals surface area contributed by atoms with Crippen molar-refractivity contribution < 1.29 is 10.2 Å². The quantitative estimate of drug-likeness (QED) is 0.822. The van der Waals surface area contributed by atoms with E-state index < -0.39 is 0 Å². The van der Waals surface area contributed by atoms with E-state index in [9.17, 15) is 10.2 Å². The predicted octanol–water partition coefficient (Wildman–Crippen LogP) is 1.55. The highest BCUT2D eigenvalue weighted by Gasteiger charge is 2.76. The second-order valence-electron chi connectivity index (χ2n) is 8.81. The smallest absolute Gasteiger partial charge is 0.111 e. The highest BCUT2D eigenvalue weighted by Crippen LogP contribution is 2.68. The molecule has 0 radical (unpaired) electrons. The number of aliphatic hydroxyl groups excluding tert-OH is 2. The summed E-state index contributed by atoms with van der Waals surface area (Å²) in [4.78, 5) is 4.83. The van der Waals surface area contributed by atoms with Crippen molar-refractivity contribution in [2.75, 3.05) is 11.9 Å². The Morgan fingerprint density at radius 2 is 2.00 bits per heavy atom. The fourth-order valence-corrected chi connectivity index (χ4v) is 7.88. The summed E-state index contributed by atoms with van der Waals surface area (Å²) in [5, 5.41) is 22.6. The molecule has 1 saturated carbocycles. The summed E-state index contributed by atoms with van der Waals surface area (Å²) >= 11 is 0. The largest absolute Gasteiger partial charge is 0.392 e. The summed E-state index contributed by atoms with van der Waals surface area (Å²) in [6.45, 7) is 2.19. The van der Waals surface area contributed by atoms with Crippen LogP contribution in [0.4, 0.5) is 5.69 Å². The molecule has 4 saturated heterocycles. The first kappa shape index (κ1) is 14.1. The Bertz CT molecular complexity index is 723. The number of hydrogen-bond acceptors (Lipinski definition) is 4. The number of nitrogens with zero attached hydrogens (tertiary/aromatic N) is 2. The molecule has 5 fully saturated rings. The van der Waals surface area contributed by atoms with Crippen molar-refractivity contribution in [3.63, 3.8) is 0 Å². The van der Waals surface area contributed by atoms with E-state index in [2.05, 4.69) is 48.0 Å². The summed E-state index contributed by atoms with van der Waals surface area (Å²) in [6, 6.07) is 9.70. The van der Waals surface area contributed by atoms with Gasteiger partial charge in [0.05, 0.1) is 12.1 Å². The molecular weight excluding hydrogens is 300 g/mol. The third-order valence-electron chi connectivity index (χ3n) is 8.46. The summed E-state index contributed by atoms with van der Waals surface area (Å²) in [5.41, 5.74) is 2.51. The Morgan fingerprint density at radius 3 is 2.79 bits per heavy atom. The van der Waals surface area contributed by atoms with Gasteiger partial charge < -0.3 is 15.1 Å². The maximum absolute atomic E-state index is 11.6. The van der Waals surface area contributed by atoms with Gasteiger partial charge in [0.15, 0.2) is 0 Å². The molecule has 0 amide bonds. The van der Waals surface area contributed by atoms with Crippen molar-refractivity contribution >= 4 is 5.69 Å². The molecule has 6 aliphatic rings. The molecule has 1 unspecified atom stereocenters. The van der Waals surface area contributed by atoms with Crippen molar-refractivity contribution in [2.45, 2.75) is 62.1 Å². The molecule has 10 atom stereocenters. The van der Waals surface area contributed by atoms with Gasteiger partial charge in [0.1, 0.15) is 6.23 Å². The number of hydrogen-bond donors (Lipinski definition) is 2. The third-order valence-corrected chi connectivity index (χ3v) is 8.46. The Labute approximate surface area is 143 Å². The maximum Gasteiger partial charge on any atom is 0.111 e. The molecule has 128 valence electrons. The lowest BCUT2D eigenvalue weighted by Gasteiger charge is -2.62. The maximum atomic E-state index is 11.6. The fraction of sp³-hybridized carbons (Fsp3) is 0.700. The lowest BCUT2D eigenvalue weighted by molar-refractivity contribution is -0.211. The van der Waals surface area contributed by atoms with Crippen molar-refractivity contribution in [3.05, 3.63) is 29.8 Å². The summed E-state index contributed by atoms with van der Waals surface area (Å²) < 4.78 is 0. The second kappa shape index (κ2) is 4.17. The number of para-hydroxylation sites is 1. The van der Waals surface area contributed by atoms with Crippen LogP contribution < -0.4 is 4.90 Å². The monoisotopic (exact) mass is 326 g/mol. The lowest BCUT2D eigenvalue weighted by Crippen LogP contribution is -2.72. The van der Waals surface area contributed by atoms with Crippen LogP contribution in [0.2, 0.25) is 0 Å². The van der Waals surface area contributed by atoms with E-state index in [1.165, 1.54) is 11.3 Å². The van der Waals surface area contributed by atoms with Crippen LogP contribution in [0.1, 0.15) is 31.7 Å². The number of likely N-dealkylation sites (N-methyl/N-ethyl adjacent to an activating group) is 1. The van der Waals surface area contributed by atoms with Gasteiger partial charge in [-0.1, -0.05) is 25.1 Å². The molecule has 1 aromatic carbocycles. The molecule has 4 heteroatoms. The van der Waals surface area contributed by atoms with Gasteiger partial charge in [-0.05, 0) is 36.8 Å². The average Bonchev–Trinajstić information content (AvgIpc) is 2.97. The topological polar surface area (TPSA) is 46.9 Å². The molecule has 1 aromatic rings. The Hall–Kier alpha value is -1.10. The zero-order valence-electron chi connectivity index (χ0n) is 14.3. The molecule has 4 nitrogen and oxygen atoms in total. The minimum Gasteiger partial charge on any atom is -0.392 e. The van der Waals surface area contributed by atoms with Crippen LogP contribution in [0, 0.1) is 17.8 Å². The number of anilines is 1. The Morgan fingerprint density at radius 1 is 1.21 bits per heavy atom. The molecule has 5 aliphatic heterocycles. The van der Waals surface area contributed by atoms with Gasteiger partial charge in [0, 0.05) is 42.1 Å². The van der Waals surface area contributed by atoms with E-state index in [4.69, 9.17) is 0 Å². The number of rotatable bonds is 1. The van der Waals surface area contributed by atoms with Gasteiger partial charge in [-0.15, -0.1) is 0 Å². The molecule has 2 N–H and O–H groups in total. The van der Waals surface area contributed by atoms with Crippen LogP contribution >= 0.6 is 0 Å². The molecule has 7 rings (SSSR count). The number of benzene rings is 1. The molecular formula is C20H26N2O2. The average molecular weight is 326 g/mol. The van der Waals surface area contributed by atoms with Crippen LogP contribution in [0.5, 0.6) is 0 Å². The predicted molar refractivity (Wildman–Crippen MR) is 91.7 cm³/mol. The molecule has 5 heterocycles. The first-order valence-electron chi connectivity index (χ1n) is 9.57. The van der Waals surface area contributed by atoms with E-state index in [0.717, 1.165) is 19.3 Å². The second-order valence-corrected chi connectivity index (χ2v) is 8.81. The third kappa shape index (κ3) is 1.20. The molecule has 5 bridgehead atoms. The van der Waals surface area contributed by atoms with Gasteiger partial charge in [-0.2, -0.15) is 0 Å². The zero-order chi connectivity index (χ0) is 16.4. The van der Waals surface area contributed by atoms with E-state index in [1.54, 1.807) is 0 Å². The highest BCUT2D eigenvalue weighted by molar-refractivity contribution is 5.67. The summed E-state index contributed by atoms with van der Waals surface area (Å²) in [7, 11) is 2.19. The van der Waals surface area contributed by atoms with E-state index in [1.807, 2.05) is 0 Å². The molecule has 1 spiro atoms. The SMILES string of the molecule is CC[C@H]1[C@H]2C[C@H]3[C@@H]4N(C)c5ccccc5[C@]45C[C@@H]([C@@H]2[C@@H]5O)N3[C@H]1O. The summed E-state index contributed by atoms with van der Waals surface area (Å²) in [5.74, 6) is 1.14. The normalized spacial score (nSPS) is 55.8. The zero-order valence-corrected chi connectivity index (χ0v) is 14.3. The van der Waals surface area contributed by atoms with Crippen LogP contribution in [0.15, 0.2) is 24.3 Å².